The van der Waals surface area contributed by atoms with Crippen molar-refractivity contribution in [2.45, 2.75) is 101 Å². The van der Waals surface area contributed by atoms with Crippen molar-refractivity contribution in [3.05, 3.63) is 29.8 Å². The van der Waals surface area contributed by atoms with Gasteiger partial charge in [0.1, 0.15) is 6.04 Å². The van der Waals surface area contributed by atoms with Crippen molar-refractivity contribution in [2.75, 3.05) is 18.0 Å². The summed E-state index contributed by atoms with van der Waals surface area (Å²) in [5, 5.41) is 10.1. The van der Waals surface area contributed by atoms with E-state index in [-0.39, 0.29) is 29.4 Å². The summed E-state index contributed by atoms with van der Waals surface area (Å²) in [6, 6.07) is 8.12. The molecule has 0 radical (unpaired) electrons. The number of nitrogens with zero attached hydrogens (tertiary/aromatic N) is 1. The van der Waals surface area contributed by atoms with Gasteiger partial charge in [-0.15, -0.1) is 0 Å². The molecule has 1 atom stereocenters. The molecule has 3 amide bonds. The molecule has 2 saturated carbocycles. The van der Waals surface area contributed by atoms with Crippen molar-refractivity contribution in [2.24, 2.45) is 0 Å². The van der Waals surface area contributed by atoms with Gasteiger partial charge in [0, 0.05) is 17.5 Å². The summed E-state index contributed by atoms with van der Waals surface area (Å²) >= 11 is 0. The minimum absolute atomic E-state index is 0.0359. The molecule has 0 bridgehead atoms. The van der Waals surface area contributed by atoms with Gasteiger partial charge in [0.2, 0.25) is 5.91 Å². The molecule has 6 heteroatoms. The molecule has 174 valence electrons. The maximum absolute atomic E-state index is 13.9. The van der Waals surface area contributed by atoms with E-state index in [1.54, 1.807) is 0 Å². The molecule has 2 aliphatic heterocycles. The summed E-state index contributed by atoms with van der Waals surface area (Å²) in [5.41, 5.74) is 1.78. The third-order valence-corrected chi connectivity index (χ3v) is 8.33. The van der Waals surface area contributed by atoms with Crippen molar-refractivity contribution in [3.8, 4) is 0 Å². The van der Waals surface area contributed by atoms with Gasteiger partial charge in [0.05, 0.1) is 5.69 Å². The van der Waals surface area contributed by atoms with Gasteiger partial charge in [0.15, 0.2) is 0 Å². The van der Waals surface area contributed by atoms with Gasteiger partial charge in [-0.2, -0.15) is 0 Å². The zero-order valence-corrected chi connectivity index (χ0v) is 19.2. The monoisotopic (exact) mass is 438 g/mol. The molecule has 1 spiro atoms. The van der Waals surface area contributed by atoms with Gasteiger partial charge in [-0.25, -0.2) is 4.79 Å². The van der Waals surface area contributed by atoms with Crippen LogP contribution in [-0.2, 0) is 10.2 Å². The summed E-state index contributed by atoms with van der Waals surface area (Å²) in [7, 11) is 0. The molecule has 6 nitrogen and oxygen atoms in total. The van der Waals surface area contributed by atoms with Crippen LogP contribution in [0.4, 0.5) is 10.5 Å². The Morgan fingerprint density at radius 2 is 1.44 bits per heavy atom. The minimum atomic E-state index is -0.479. The molecule has 5 rings (SSSR count). The van der Waals surface area contributed by atoms with Gasteiger partial charge in [-0.05, 0) is 63.2 Å². The van der Waals surface area contributed by atoms with Crippen LogP contribution in [0.25, 0.3) is 0 Å². The number of hydrogen-bond acceptors (Lipinski definition) is 3. The lowest BCUT2D eigenvalue weighted by Crippen LogP contribution is -2.62. The second kappa shape index (κ2) is 9.42. The molecule has 3 N–H and O–H groups in total. The molecule has 3 fully saturated rings. The predicted molar refractivity (Wildman–Crippen MR) is 127 cm³/mol. The zero-order valence-electron chi connectivity index (χ0n) is 19.2. The normalized spacial score (nSPS) is 26.0. The van der Waals surface area contributed by atoms with Crippen molar-refractivity contribution < 1.29 is 9.59 Å². The highest BCUT2D eigenvalue weighted by molar-refractivity contribution is 6.04. The first-order valence-electron chi connectivity index (χ1n) is 12.9. The molecule has 4 aliphatic rings. The Labute approximate surface area is 191 Å². The van der Waals surface area contributed by atoms with E-state index < -0.39 is 6.04 Å². The van der Waals surface area contributed by atoms with Gasteiger partial charge in [-0.1, -0.05) is 56.7 Å². The molecule has 1 aromatic carbocycles. The van der Waals surface area contributed by atoms with Crippen LogP contribution in [0, 0.1) is 0 Å². The van der Waals surface area contributed by atoms with E-state index in [1.807, 2.05) is 17.0 Å². The Balaban J connectivity index is 1.47. The number of amides is 3. The summed E-state index contributed by atoms with van der Waals surface area (Å²) in [6.07, 6.45) is 13.1. The largest absolute Gasteiger partial charge is 0.352 e. The van der Waals surface area contributed by atoms with Gasteiger partial charge in [-0.3, -0.25) is 9.69 Å². The lowest BCUT2D eigenvalue weighted by molar-refractivity contribution is -0.124. The van der Waals surface area contributed by atoms with Gasteiger partial charge < -0.3 is 16.0 Å². The Morgan fingerprint density at radius 1 is 0.844 bits per heavy atom. The first-order valence-corrected chi connectivity index (χ1v) is 12.9. The topological polar surface area (TPSA) is 73.5 Å². The molecule has 1 aromatic rings. The molecule has 0 aromatic heterocycles. The minimum Gasteiger partial charge on any atom is -0.352 e. The summed E-state index contributed by atoms with van der Waals surface area (Å²) < 4.78 is 0. The van der Waals surface area contributed by atoms with Crippen LogP contribution in [0.15, 0.2) is 24.3 Å². The van der Waals surface area contributed by atoms with Crippen LogP contribution in [0.3, 0.4) is 0 Å². The van der Waals surface area contributed by atoms with Crippen LogP contribution in [0.5, 0.6) is 0 Å². The molecular weight excluding hydrogens is 400 g/mol. The predicted octanol–water partition coefficient (Wildman–Crippen LogP) is 3.99. The highest BCUT2D eigenvalue weighted by Crippen LogP contribution is 2.50. The van der Waals surface area contributed by atoms with E-state index in [4.69, 9.17) is 0 Å². The number of nitrogens with one attached hydrogen (secondary N) is 3. The number of para-hydroxylation sites is 1. The number of carbonyl (C=O) groups excluding carboxylic acids is 2. The lowest BCUT2D eigenvalue weighted by atomic mass is 9.69. The van der Waals surface area contributed by atoms with E-state index in [9.17, 15) is 9.59 Å². The molecular formula is C26H38N4O2. The highest BCUT2D eigenvalue weighted by atomic mass is 16.2. The fourth-order valence-electron chi connectivity index (χ4n) is 6.67. The van der Waals surface area contributed by atoms with E-state index in [1.165, 1.54) is 44.1 Å². The quantitative estimate of drug-likeness (QED) is 0.668. The average Bonchev–Trinajstić information content (AvgIpc) is 3.11. The lowest BCUT2D eigenvalue weighted by Gasteiger charge is -2.41. The number of hydrogen-bond donors (Lipinski definition) is 3. The zero-order chi connectivity index (χ0) is 22.0. The molecule has 2 heterocycles. The SMILES string of the molecule is O=C(NC1CCCCC1)[C@@H]1N(C(=O)NC2CCCCC2)c2ccccc2C12CCNCC2. The number of urea groups is 1. The fourth-order valence-corrected chi connectivity index (χ4v) is 6.67. The second-order valence-corrected chi connectivity index (χ2v) is 10.3. The maximum atomic E-state index is 13.9. The third kappa shape index (κ3) is 4.02. The van der Waals surface area contributed by atoms with E-state index >= 15 is 0 Å². The number of fused-ring (bicyclic) bond motifs is 2. The highest BCUT2D eigenvalue weighted by Gasteiger charge is 2.56. The maximum Gasteiger partial charge on any atom is 0.322 e. The Bertz CT molecular complexity index is 823. The molecule has 1 saturated heterocycles. The van der Waals surface area contributed by atoms with E-state index in [0.717, 1.165) is 57.3 Å². The fraction of sp³-hybridized carbons (Fsp3) is 0.692. The van der Waals surface area contributed by atoms with Crippen LogP contribution < -0.4 is 20.9 Å². The number of carbonyl (C=O) groups is 2. The molecule has 32 heavy (non-hydrogen) atoms. The number of piperidine rings is 1. The first-order chi connectivity index (χ1) is 15.7. The van der Waals surface area contributed by atoms with Crippen LogP contribution in [0.2, 0.25) is 0 Å². The Morgan fingerprint density at radius 3 is 2.09 bits per heavy atom. The van der Waals surface area contributed by atoms with E-state index in [2.05, 4.69) is 28.1 Å². The smallest absolute Gasteiger partial charge is 0.322 e. The Kier molecular flexibility index (Phi) is 6.40. The van der Waals surface area contributed by atoms with Crippen molar-refractivity contribution >= 4 is 17.6 Å². The van der Waals surface area contributed by atoms with Crippen LogP contribution >= 0.6 is 0 Å². The van der Waals surface area contributed by atoms with Crippen molar-refractivity contribution in [3.63, 3.8) is 0 Å². The van der Waals surface area contributed by atoms with E-state index in [0.29, 0.717) is 0 Å². The second-order valence-electron chi connectivity index (χ2n) is 10.3. The van der Waals surface area contributed by atoms with Crippen LogP contribution in [0.1, 0.15) is 82.6 Å². The average molecular weight is 439 g/mol. The molecule has 0 unspecified atom stereocenters. The van der Waals surface area contributed by atoms with Crippen molar-refractivity contribution in [1.29, 1.82) is 0 Å². The summed E-state index contributed by atoms with van der Waals surface area (Å²) in [5.74, 6) is 0.0359. The third-order valence-electron chi connectivity index (χ3n) is 8.33. The number of anilines is 1. The number of rotatable bonds is 3. The van der Waals surface area contributed by atoms with Crippen LogP contribution in [-0.4, -0.2) is 43.2 Å². The summed E-state index contributed by atoms with van der Waals surface area (Å²) in [6.45, 7) is 1.75. The number of benzene rings is 1. The Hall–Kier alpha value is -2.08. The first kappa shape index (κ1) is 21.7. The van der Waals surface area contributed by atoms with Gasteiger partial charge >= 0.3 is 6.03 Å². The van der Waals surface area contributed by atoms with Crippen molar-refractivity contribution in [1.82, 2.24) is 16.0 Å². The molecule has 2 aliphatic carbocycles. The standard InChI is InChI=1S/C26H38N4O2/c31-24(28-19-9-3-1-4-10-19)23-26(15-17-27-18-16-26)21-13-7-8-14-22(21)30(23)25(32)29-20-11-5-2-6-12-20/h7-8,13-14,19-20,23,27H,1-6,9-12,15-18H2,(H,28,31)(H,29,32)/t23-/m0/s1. The van der Waals surface area contributed by atoms with Gasteiger partial charge in [0.25, 0.3) is 0 Å². The summed E-state index contributed by atoms with van der Waals surface area (Å²) in [4.78, 5) is 29.5.